The Bertz CT molecular complexity index is 1950. The topological polar surface area (TPSA) is 24.7 Å². The fourth-order valence-corrected chi connectivity index (χ4v) is 8.06. The largest absolute Gasteiger partial charge is 0.252 e. The highest BCUT2D eigenvalue weighted by atomic mass is 14.8. The minimum absolute atomic E-state index is 0.932. The highest BCUT2D eigenvalue weighted by Gasteiger charge is 2.29. The van der Waals surface area contributed by atoms with Gasteiger partial charge in [-0.25, -0.2) is 0 Å². The molecule has 2 nitrogen and oxygen atoms in total. The maximum absolute atomic E-state index is 5.17. The minimum Gasteiger partial charge on any atom is -0.252 e. The summed E-state index contributed by atoms with van der Waals surface area (Å²) in [7, 11) is 0. The number of rotatable bonds is 4. The number of benzene rings is 2. The first-order valence-corrected chi connectivity index (χ1v) is 15.4. The predicted molar refractivity (Wildman–Crippen MR) is 174 cm³/mol. The standard InChI is InChI=1S/C40H30N2/c1-2-6-23(5-1)25-9-27-13-33(14-28(27)10-25)39-21-35-17-31-20-38-36(18-32(31)19-37(35)41-39)22-40(42-38)34-15-29-11-26(12-30(29)16-34)24-7-3-4-8-24/h1-5,7,9,11,14,16-20H,6,8,10,12-13,15,21-22H2. The van der Waals surface area contributed by atoms with E-state index in [1.54, 1.807) is 0 Å². The van der Waals surface area contributed by atoms with Gasteiger partial charge in [-0.15, -0.1) is 0 Å². The van der Waals surface area contributed by atoms with Gasteiger partial charge < -0.3 is 0 Å². The van der Waals surface area contributed by atoms with Gasteiger partial charge in [0.05, 0.1) is 11.4 Å². The van der Waals surface area contributed by atoms with Crippen molar-refractivity contribution in [2.75, 3.05) is 0 Å². The van der Waals surface area contributed by atoms with Gasteiger partial charge >= 0.3 is 0 Å². The van der Waals surface area contributed by atoms with Crippen molar-refractivity contribution >= 4 is 33.6 Å². The predicted octanol–water partition coefficient (Wildman–Crippen LogP) is 9.78. The van der Waals surface area contributed by atoms with E-state index in [0.29, 0.717) is 0 Å². The maximum atomic E-state index is 5.17. The first-order chi connectivity index (χ1) is 20.7. The van der Waals surface area contributed by atoms with Crippen LogP contribution in [-0.2, 0) is 12.8 Å². The number of hydrogen-bond donors (Lipinski definition) is 0. The van der Waals surface area contributed by atoms with Crippen LogP contribution in [0, 0.1) is 0 Å². The van der Waals surface area contributed by atoms with Crippen LogP contribution in [0.15, 0.2) is 151 Å². The fourth-order valence-electron chi connectivity index (χ4n) is 8.06. The van der Waals surface area contributed by atoms with E-state index < -0.39 is 0 Å². The smallest absolute Gasteiger partial charge is 0.0675 e. The molecule has 0 spiro atoms. The van der Waals surface area contributed by atoms with Crippen LogP contribution >= 0.6 is 0 Å². The van der Waals surface area contributed by atoms with E-state index in [1.807, 2.05) is 0 Å². The molecule has 0 radical (unpaired) electrons. The van der Waals surface area contributed by atoms with Crippen molar-refractivity contribution in [3.05, 3.63) is 152 Å². The molecule has 6 aliphatic carbocycles. The molecular weight excluding hydrogens is 508 g/mol. The van der Waals surface area contributed by atoms with Crippen LogP contribution in [0.2, 0.25) is 0 Å². The number of allylic oxidation sites excluding steroid dienone is 20. The molecular formula is C40H30N2. The first-order valence-electron chi connectivity index (χ1n) is 15.4. The number of nitrogens with zero attached hydrogens (tertiary/aromatic N) is 2. The van der Waals surface area contributed by atoms with E-state index in [0.717, 1.165) is 62.7 Å². The summed E-state index contributed by atoms with van der Waals surface area (Å²) in [4.78, 5) is 10.3. The summed E-state index contributed by atoms with van der Waals surface area (Å²) in [5.41, 5.74) is 22.3. The summed E-state index contributed by atoms with van der Waals surface area (Å²) in [5.74, 6) is 0. The molecule has 0 bridgehead atoms. The molecule has 0 saturated carbocycles. The quantitative estimate of drug-likeness (QED) is 0.370. The highest BCUT2D eigenvalue weighted by molar-refractivity contribution is 6.11. The van der Waals surface area contributed by atoms with Gasteiger partial charge in [-0.3, -0.25) is 9.98 Å². The molecule has 2 heteroatoms. The fraction of sp³-hybridized carbons (Fsp3) is 0.200. The Balaban J connectivity index is 0.856. The molecule has 2 heterocycles. The zero-order chi connectivity index (χ0) is 27.4. The van der Waals surface area contributed by atoms with Crippen molar-refractivity contribution in [1.82, 2.24) is 0 Å². The van der Waals surface area contributed by atoms with Gasteiger partial charge in [0.2, 0.25) is 0 Å². The van der Waals surface area contributed by atoms with Crippen molar-refractivity contribution in [3.63, 3.8) is 0 Å². The van der Waals surface area contributed by atoms with Crippen LogP contribution < -0.4 is 0 Å². The van der Waals surface area contributed by atoms with E-state index in [-0.39, 0.29) is 0 Å². The summed E-state index contributed by atoms with van der Waals surface area (Å²) in [6.45, 7) is 0. The Hall–Kier alpha value is -4.56. The second kappa shape index (κ2) is 8.49. The van der Waals surface area contributed by atoms with Gasteiger partial charge in [0.25, 0.3) is 0 Å². The zero-order valence-corrected chi connectivity index (χ0v) is 23.6. The van der Waals surface area contributed by atoms with Gasteiger partial charge in [-0.05, 0) is 140 Å². The van der Waals surface area contributed by atoms with Crippen molar-refractivity contribution < 1.29 is 0 Å². The second-order valence-corrected chi connectivity index (χ2v) is 12.9. The zero-order valence-electron chi connectivity index (χ0n) is 23.6. The Labute approximate surface area is 246 Å². The average Bonchev–Trinajstić information content (AvgIpc) is 3.82. The molecule has 2 aromatic carbocycles. The van der Waals surface area contributed by atoms with Crippen LogP contribution in [0.4, 0.5) is 11.4 Å². The Morgan fingerprint density at radius 1 is 0.429 bits per heavy atom. The molecule has 0 fully saturated rings. The van der Waals surface area contributed by atoms with Crippen molar-refractivity contribution in [3.8, 4) is 0 Å². The lowest BCUT2D eigenvalue weighted by Crippen LogP contribution is -2.02. The number of hydrogen-bond acceptors (Lipinski definition) is 2. The second-order valence-electron chi connectivity index (χ2n) is 12.9. The summed E-state index contributed by atoms with van der Waals surface area (Å²) < 4.78 is 0. The summed E-state index contributed by atoms with van der Waals surface area (Å²) in [6.07, 6.45) is 31.4. The van der Waals surface area contributed by atoms with Gasteiger partial charge in [0.15, 0.2) is 0 Å². The van der Waals surface area contributed by atoms with Crippen LogP contribution in [-0.4, -0.2) is 11.4 Å². The Morgan fingerprint density at radius 3 is 1.29 bits per heavy atom. The van der Waals surface area contributed by atoms with Crippen LogP contribution in [0.25, 0.3) is 10.8 Å². The molecule has 42 heavy (non-hydrogen) atoms. The Morgan fingerprint density at radius 2 is 0.857 bits per heavy atom. The third-order valence-electron chi connectivity index (χ3n) is 10.3. The van der Waals surface area contributed by atoms with E-state index in [9.17, 15) is 0 Å². The monoisotopic (exact) mass is 538 g/mol. The summed E-state index contributed by atoms with van der Waals surface area (Å²) in [5, 5.41) is 2.57. The van der Waals surface area contributed by atoms with Crippen LogP contribution in [0.5, 0.6) is 0 Å². The first kappa shape index (κ1) is 23.1. The molecule has 2 aromatic rings. The van der Waals surface area contributed by atoms with Crippen molar-refractivity contribution in [2.24, 2.45) is 9.98 Å². The third-order valence-corrected chi connectivity index (χ3v) is 10.3. The average molecular weight is 539 g/mol. The molecule has 0 amide bonds. The SMILES string of the molecule is C1=CCC(C2=CC3=C(C=C(C4=Nc5cc6cc7c(cc6cc5C4)N=C(C4=CC5=C(C=C(C6=CC=CC6)C5)C4)C7)C3)C2)=C1. The Kier molecular flexibility index (Phi) is 4.66. The normalized spacial score (nSPS) is 22.8. The van der Waals surface area contributed by atoms with Crippen LogP contribution in [0.1, 0.15) is 49.7 Å². The summed E-state index contributed by atoms with van der Waals surface area (Å²) >= 11 is 0. The number of aliphatic imine (C=N–C) groups is 2. The molecule has 0 saturated heterocycles. The molecule has 10 rings (SSSR count). The maximum Gasteiger partial charge on any atom is 0.0675 e. The van der Waals surface area contributed by atoms with E-state index in [4.69, 9.17) is 9.98 Å². The van der Waals surface area contributed by atoms with Crippen molar-refractivity contribution in [2.45, 2.75) is 51.4 Å². The van der Waals surface area contributed by atoms with Crippen LogP contribution in [0.3, 0.4) is 0 Å². The van der Waals surface area contributed by atoms with E-state index in [2.05, 4.69) is 85.0 Å². The van der Waals surface area contributed by atoms with Gasteiger partial charge in [-0.1, -0.05) is 60.8 Å². The molecule has 0 atom stereocenters. The lowest BCUT2D eigenvalue weighted by molar-refractivity contribution is 1.15. The van der Waals surface area contributed by atoms with Gasteiger partial charge in [0, 0.05) is 24.3 Å². The molecule has 0 unspecified atom stereocenters. The minimum atomic E-state index is 0.932. The van der Waals surface area contributed by atoms with Gasteiger partial charge in [0.1, 0.15) is 0 Å². The summed E-state index contributed by atoms with van der Waals surface area (Å²) in [6, 6.07) is 9.36. The lowest BCUT2D eigenvalue weighted by Gasteiger charge is -2.06. The molecule has 200 valence electrons. The van der Waals surface area contributed by atoms with E-state index >= 15 is 0 Å². The lowest BCUT2D eigenvalue weighted by atomic mass is 9.96. The van der Waals surface area contributed by atoms with Gasteiger partial charge in [-0.2, -0.15) is 0 Å². The van der Waals surface area contributed by atoms with Crippen molar-refractivity contribution in [1.29, 1.82) is 0 Å². The molecule has 2 aliphatic heterocycles. The number of fused-ring (bicyclic) bond motifs is 3. The molecule has 8 aliphatic rings. The molecule has 0 N–H and O–H groups in total. The highest BCUT2D eigenvalue weighted by Crippen LogP contribution is 2.45. The molecule has 0 aromatic heterocycles. The van der Waals surface area contributed by atoms with E-state index in [1.165, 1.54) is 89.1 Å². The third kappa shape index (κ3) is 3.51.